The monoisotopic (exact) mass is 228 g/mol. The SMILES string of the molecule is NCC#Cc1ccccc1NC(=O)CC1CC1. The third kappa shape index (κ3) is 3.61. The standard InChI is InChI=1S/C14H16N2O/c15-9-3-5-12-4-1-2-6-13(12)16-14(17)10-11-7-8-11/h1-2,4,6,11H,7-10,15H2,(H,16,17). The molecule has 2 rings (SSSR count). The lowest BCUT2D eigenvalue weighted by Gasteiger charge is -2.06. The van der Waals surface area contributed by atoms with Gasteiger partial charge in [0.15, 0.2) is 0 Å². The zero-order valence-corrected chi connectivity index (χ0v) is 9.70. The molecule has 0 atom stereocenters. The molecule has 3 N–H and O–H groups in total. The third-order valence-electron chi connectivity index (χ3n) is 2.70. The number of rotatable bonds is 3. The summed E-state index contributed by atoms with van der Waals surface area (Å²) < 4.78 is 0. The normalized spacial score (nSPS) is 13.7. The van der Waals surface area contributed by atoms with Crippen molar-refractivity contribution in [3.63, 3.8) is 0 Å². The number of hydrogen-bond acceptors (Lipinski definition) is 2. The van der Waals surface area contributed by atoms with Gasteiger partial charge in [-0.05, 0) is 30.9 Å². The van der Waals surface area contributed by atoms with Crippen molar-refractivity contribution >= 4 is 11.6 Å². The minimum atomic E-state index is 0.0782. The Balaban J connectivity index is 2.05. The Morgan fingerprint density at radius 3 is 2.88 bits per heavy atom. The maximum absolute atomic E-state index is 11.7. The Morgan fingerprint density at radius 2 is 2.18 bits per heavy atom. The number of amides is 1. The molecule has 0 saturated heterocycles. The molecule has 1 aromatic carbocycles. The van der Waals surface area contributed by atoms with Crippen LogP contribution >= 0.6 is 0 Å². The van der Waals surface area contributed by atoms with Crippen LogP contribution in [-0.4, -0.2) is 12.5 Å². The number of nitrogens with two attached hydrogens (primary N) is 1. The topological polar surface area (TPSA) is 55.1 Å². The minimum absolute atomic E-state index is 0.0782. The van der Waals surface area contributed by atoms with E-state index in [1.54, 1.807) is 0 Å². The van der Waals surface area contributed by atoms with Gasteiger partial charge in [-0.3, -0.25) is 4.79 Å². The molecule has 1 aliphatic rings. The molecule has 17 heavy (non-hydrogen) atoms. The summed E-state index contributed by atoms with van der Waals surface area (Å²) in [4.78, 5) is 11.7. The van der Waals surface area contributed by atoms with E-state index in [2.05, 4.69) is 17.2 Å². The summed E-state index contributed by atoms with van der Waals surface area (Å²) in [5.41, 5.74) is 6.94. The van der Waals surface area contributed by atoms with Gasteiger partial charge in [0.2, 0.25) is 5.91 Å². The van der Waals surface area contributed by atoms with E-state index in [9.17, 15) is 4.79 Å². The second-order valence-corrected chi connectivity index (χ2v) is 4.25. The molecule has 0 aliphatic heterocycles. The fraction of sp³-hybridized carbons (Fsp3) is 0.357. The van der Waals surface area contributed by atoms with Crippen molar-refractivity contribution in [2.24, 2.45) is 11.7 Å². The predicted molar refractivity (Wildman–Crippen MR) is 68.3 cm³/mol. The van der Waals surface area contributed by atoms with E-state index in [0.717, 1.165) is 11.3 Å². The van der Waals surface area contributed by atoms with Crippen LogP contribution in [0.1, 0.15) is 24.8 Å². The summed E-state index contributed by atoms with van der Waals surface area (Å²) in [5.74, 6) is 6.43. The first-order valence-electron chi connectivity index (χ1n) is 5.87. The molecule has 1 aromatic rings. The maximum atomic E-state index is 11.7. The van der Waals surface area contributed by atoms with Crippen LogP contribution in [0.4, 0.5) is 5.69 Å². The van der Waals surface area contributed by atoms with Crippen molar-refractivity contribution in [1.29, 1.82) is 0 Å². The smallest absolute Gasteiger partial charge is 0.224 e. The van der Waals surface area contributed by atoms with Gasteiger partial charge in [0.05, 0.1) is 12.2 Å². The number of benzene rings is 1. The Kier molecular flexibility index (Phi) is 3.79. The summed E-state index contributed by atoms with van der Waals surface area (Å²) in [6, 6.07) is 7.54. The molecule has 0 radical (unpaired) electrons. The molecule has 0 bridgehead atoms. The number of hydrogen-bond donors (Lipinski definition) is 2. The van der Waals surface area contributed by atoms with Gasteiger partial charge >= 0.3 is 0 Å². The Morgan fingerprint density at radius 1 is 1.41 bits per heavy atom. The van der Waals surface area contributed by atoms with Crippen molar-refractivity contribution in [2.45, 2.75) is 19.3 Å². The fourth-order valence-corrected chi connectivity index (χ4v) is 1.63. The van der Waals surface area contributed by atoms with Crippen LogP contribution < -0.4 is 11.1 Å². The number of nitrogens with one attached hydrogen (secondary N) is 1. The molecule has 3 nitrogen and oxygen atoms in total. The number of para-hydroxylation sites is 1. The van der Waals surface area contributed by atoms with E-state index < -0.39 is 0 Å². The van der Waals surface area contributed by atoms with Gasteiger partial charge in [0.25, 0.3) is 0 Å². The van der Waals surface area contributed by atoms with Crippen molar-refractivity contribution < 1.29 is 4.79 Å². The molecule has 0 heterocycles. The summed E-state index contributed by atoms with van der Waals surface area (Å²) in [6.45, 7) is 0.324. The lowest BCUT2D eigenvalue weighted by Crippen LogP contribution is -2.12. The second-order valence-electron chi connectivity index (χ2n) is 4.25. The van der Waals surface area contributed by atoms with Crippen LogP contribution in [-0.2, 0) is 4.79 Å². The van der Waals surface area contributed by atoms with E-state index >= 15 is 0 Å². The second kappa shape index (κ2) is 5.51. The Labute approximate surface area is 101 Å². The number of carbonyl (C=O) groups is 1. The zero-order valence-electron chi connectivity index (χ0n) is 9.70. The van der Waals surface area contributed by atoms with Crippen LogP contribution in [0.25, 0.3) is 0 Å². The molecule has 0 unspecified atom stereocenters. The van der Waals surface area contributed by atoms with E-state index in [4.69, 9.17) is 5.73 Å². The van der Waals surface area contributed by atoms with E-state index in [-0.39, 0.29) is 5.91 Å². The molecule has 1 amide bonds. The van der Waals surface area contributed by atoms with Gasteiger partial charge in [-0.1, -0.05) is 24.0 Å². The molecule has 0 spiro atoms. The summed E-state index contributed by atoms with van der Waals surface area (Å²) >= 11 is 0. The highest BCUT2D eigenvalue weighted by atomic mass is 16.1. The van der Waals surface area contributed by atoms with Crippen LogP contribution in [0.5, 0.6) is 0 Å². The Bertz CT molecular complexity index is 467. The quantitative estimate of drug-likeness (QED) is 0.774. The number of carbonyl (C=O) groups excluding carboxylic acids is 1. The van der Waals surface area contributed by atoms with Gasteiger partial charge in [0, 0.05) is 12.0 Å². The van der Waals surface area contributed by atoms with Crippen molar-refractivity contribution in [3.05, 3.63) is 29.8 Å². The third-order valence-corrected chi connectivity index (χ3v) is 2.70. The first kappa shape index (κ1) is 11.7. The molecule has 3 heteroatoms. The van der Waals surface area contributed by atoms with Crippen molar-refractivity contribution in [2.75, 3.05) is 11.9 Å². The first-order chi connectivity index (χ1) is 8.29. The molecule has 1 aliphatic carbocycles. The minimum Gasteiger partial charge on any atom is -0.325 e. The summed E-state index contributed by atoms with van der Waals surface area (Å²) in [5, 5.41) is 2.91. The van der Waals surface area contributed by atoms with Crippen LogP contribution in [0.15, 0.2) is 24.3 Å². The van der Waals surface area contributed by atoms with E-state index in [0.29, 0.717) is 18.9 Å². The molecule has 88 valence electrons. The van der Waals surface area contributed by atoms with Gasteiger partial charge in [-0.2, -0.15) is 0 Å². The fourth-order valence-electron chi connectivity index (χ4n) is 1.63. The van der Waals surface area contributed by atoms with Crippen molar-refractivity contribution in [3.8, 4) is 11.8 Å². The molecular formula is C14H16N2O. The first-order valence-corrected chi connectivity index (χ1v) is 5.87. The summed E-state index contributed by atoms with van der Waals surface area (Å²) in [7, 11) is 0. The molecule has 1 saturated carbocycles. The highest BCUT2D eigenvalue weighted by Crippen LogP contribution is 2.32. The largest absolute Gasteiger partial charge is 0.325 e. The van der Waals surface area contributed by atoms with Gasteiger partial charge in [-0.25, -0.2) is 0 Å². The van der Waals surface area contributed by atoms with Gasteiger partial charge in [0.1, 0.15) is 0 Å². The summed E-state index contributed by atoms with van der Waals surface area (Å²) in [6.07, 6.45) is 2.99. The van der Waals surface area contributed by atoms with Gasteiger partial charge in [-0.15, -0.1) is 0 Å². The van der Waals surface area contributed by atoms with E-state index in [1.165, 1.54) is 12.8 Å². The lowest BCUT2D eigenvalue weighted by atomic mass is 10.1. The average Bonchev–Trinajstić information content (AvgIpc) is 3.11. The lowest BCUT2D eigenvalue weighted by molar-refractivity contribution is -0.116. The molecule has 1 fully saturated rings. The average molecular weight is 228 g/mol. The number of anilines is 1. The van der Waals surface area contributed by atoms with Crippen LogP contribution in [0.2, 0.25) is 0 Å². The molecule has 0 aromatic heterocycles. The molecular weight excluding hydrogens is 212 g/mol. The Hall–Kier alpha value is -1.79. The highest BCUT2D eigenvalue weighted by Gasteiger charge is 2.24. The van der Waals surface area contributed by atoms with Crippen LogP contribution in [0, 0.1) is 17.8 Å². The van der Waals surface area contributed by atoms with E-state index in [1.807, 2.05) is 24.3 Å². The van der Waals surface area contributed by atoms with Gasteiger partial charge < -0.3 is 11.1 Å². The zero-order chi connectivity index (χ0) is 12.1. The highest BCUT2D eigenvalue weighted by molar-refractivity contribution is 5.92. The van der Waals surface area contributed by atoms with Crippen LogP contribution in [0.3, 0.4) is 0 Å². The maximum Gasteiger partial charge on any atom is 0.224 e. The van der Waals surface area contributed by atoms with Crippen molar-refractivity contribution in [1.82, 2.24) is 0 Å². The predicted octanol–water partition coefficient (Wildman–Crippen LogP) is 1.74.